The van der Waals surface area contributed by atoms with Crippen molar-refractivity contribution >= 4 is 29.4 Å². The standard InChI is InChI=1S/C23H38N2O3S/c1-3-4-5-6-7-8-11-20(12-9-10-17-29-18-22(26)27)24-23(28)25-21-15-13-19(2)14-16-21/h13-16,20H,3-12,17-18H2,1-2H3,(H,26,27)(H2,24,25,28). The highest BCUT2D eigenvalue weighted by Gasteiger charge is 2.12. The summed E-state index contributed by atoms with van der Waals surface area (Å²) < 4.78 is 0. The minimum absolute atomic E-state index is 0.148. The SMILES string of the molecule is CCCCCCCCC(CCCCSCC(=O)O)NC(=O)Nc1ccc(C)cc1. The van der Waals surface area contributed by atoms with Crippen molar-refractivity contribution in [3.05, 3.63) is 29.8 Å². The molecule has 5 nitrogen and oxygen atoms in total. The van der Waals surface area contributed by atoms with E-state index in [0.29, 0.717) is 0 Å². The van der Waals surface area contributed by atoms with E-state index in [1.807, 2.05) is 31.2 Å². The number of carboxylic acids is 1. The molecule has 0 aliphatic rings. The van der Waals surface area contributed by atoms with Crippen LogP contribution in [0.25, 0.3) is 0 Å². The fraction of sp³-hybridized carbons (Fsp3) is 0.652. The molecule has 1 aromatic carbocycles. The highest BCUT2D eigenvalue weighted by atomic mass is 32.2. The van der Waals surface area contributed by atoms with Crippen LogP contribution in [0.1, 0.15) is 76.7 Å². The Morgan fingerprint density at radius 2 is 1.59 bits per heavy atom. The van der Waals surface area contributed by atoms with Gasteiger partial charge in [-0.25, -0.2) is 4.79 Å². The number of anilines is 1. The van der Waals surface area contributed by atoms with E-state index in [-0.39, 0.29) is 17.8 Å². The third kappa shape index (κ3) is 14.0. The number of hydrogen-bond donors (Lipinski definition) is 3. The first kappa shape index (κ1) is 25.3. The van der Waals surface area contributed by atoms with Crippen LogP contribution in [0, 0.1) is 6.92 Å². The molecule has 164 valence electrons. The molecule has 0 saturated carbocycles. The summed E-state index contributed by atoms with van der Waals surface area (Å²) in [6.45, 7) is 4.25. The zero-order valence-corrected chi connectivity index (χ0v) is 18.9. The van der Waals surface area contributed by atoms with Crippen LogP contribution in [0.4, 0.5) is 10.5 Å². The van der Waals surface area contributed by atoms with Crippen LogP contribution in [-0.4, -0.2) is 34.7 Å². The Morgan fingerprint density at radius 3 is 2.24 bits per heavy atom. The molecule has 0 aromatic heterocycles. The lowest BCUT2D eigenvalue weighted by molar-refractivity contribution is -0.133. The minimum atomic E-state index is -0.759. The Morgan fingerprint density at radius 1 is 0.966 bits per heavy atom. The largest absolute Gasteiger partial charge is 0.481 e. The molecule has 1 aromatic rings. The number of hydrogen-bond acceptors (Lipinski definition) is 3. The van der Waals surface area contributed by atoms with Crippen molar-refractivity contribution in [2.24, 2.45) is 0 Å². The molecule has 2 amide bonds. The van der Waals surface area contributed by atoms with E-state index < -0.39 is 5.97 Å². The number of carbonyl (C=O) groups is 2. The number of carbonyl (C=O) groups excluding carboxylic acids is 1. The van der Waals surface area contributed by atoms with Gasteiger partial charge in [-0.3, -0.25) is 4.79 Å². The van der Waals surface area contributed by atoms with Crippen LogP contribution >= 0.6 is 11.8 Å². The molecule has 29 heavy (non-hydrogen) atoms. The van der Waals surface area contributed by atoms with Crippen LogP contribution in [0.2, 0.25) is 0 Å². The molecule has 0 radical (unpaired) electrons. The van der Waals surface area contributed by atoms with E-state index in [1.165, 1.54) is 43.9 Å². The van der Waals surface area contributed by atoms with Crippen molar-refractivity contribution in [1.29, 1.82) is 0 Å². The third-order valence-corrected chi connectivity index (χ3v) is 5.90. The summed E-state index contributed by atoms with van der Waals surface area (Å²) in [6.07, 6.45) is 11.4. The molecule has 0 spiro atoms. The number of nitrogens with one attached hydrogen (secondary N) is 2. The summed E-state index contributed by atoms with van der Waals surface area (Å²) in [6, 6.07) is 7.81. The van der Waals surface area contributed by atoms with Crippen LogP contribution in [0.15, 0.2) is 24.3 Å². The van der Waals surface area contributed by atoms with Crippen LogP contribution in [0.5, 0.6) is 0 Å². The van der Waals surface area contributed by atoms with E-state index in [0.717, 1.165) is 49.1 Å². The smallest absolute Gasteiger partial charge is 0.319 e. The molecule has 1 atom stereocenters. The number of unbranched alkanes of at least 4 members (excludes halogenated alkanes) is 6. The van der Waals surface area contributed by atoms with Gasteiger partial charge in [0.05, 0.1) is 5.75 Å². The summed E-state index contributed by atoms with van der Waals surface area (Å²) in [7, 11) is 0. The quantitative estimate of drug-likeness (QED) is 0.276. The summed E-state index contributed by atoms with van der Waals surface area (Å²) in [4.78, 5) is 23.0. The second-order valence-electron chi connectivity index (χ2n) is 7.66. The molecule has 3 N–H and O–H groups in total. The van der Waals surface area contributed by atoms with E-state index in [4.69, 9.17) is 5.11 Å². The number of rotatable bonds is 16. The van der Waals surface area contributed by atoms with E-state index in [1.54, 1.807) is 0 Å². The van der Waals surface area contributed by atoms with Gasteiger partial charge in [0, 0.05) is 11.7 Å². The second kappa shape index (κ2) is 16.1. The highest BCUT2D eigenvalue weighted by molar-refractivity contribution is 7.99. The molecular formula is C23H38N2O3S. The van der Waals surface area contributed by atoms with Gasteiger partial charge in [0.25, 0.3) is 0 Å². The lowest BCUT2D eigenvalue weighted by Gasteiger charge is -2.19. The Labute approximate surface area is 180 Å². The van der Waals surface area contributed by atoms with Crippen molar-refractivity contribution in [2.45, 2.75) is 84.1 Å². The third-order valence-electron chi connectivity index (χ3n) is 4.87. The molecule has 0 aliphatic carbocycles. The topological polar surface area (TPSA) is 78.4 Å². The van der Waals surface area contributed by atoms with Crippen molar-refractivity contribution in [1.82, 2.24) is 5.32 Å². The Hall–Kier alpha value is -1.69. The van der Waals surface area contributed by atoms with Gasteiger partial charge in [0.2, 0.25) is 0 Å². The predicted molar refractivity (Wildman–Crippen MR) is 124 cm³/mol. The van der Waals surface area contributed by atoms with E-state index >= 15 is 0 Å². The highest BCUT2D eigenvalue weighted by Crippen LogP contribution is 2.15. The van der Waals surface area contributed by atoms with Gasteiger partial charge in [-0.2, -0.15) is 11.8 Å². The van der Waals surface area contributed by atoms with E-state index in [9.17, 15) is 9.59 Å². The monoisotopic (exact) mass is 422 g/mol. The molecule has 0 heterocycles. The Balaban J connectivity index is 2.37. The maximum absolute atomic E-state index is 12.4. The fourth-order valence-electron chi connectivity index (χ4n) is 3.20. The summed E-state index contributed by atoms with van der Waals surface area (Å²) in [5.41, 5.74) is 1.97. The lowest BCUT2D eigenvalue weighted by atomic mass is 10.0. The Bertz CT molecular complexity index is 578. The summed E-state index contributed by atoms with van der Waals surface area (Å²) in [5, 5.41) is 14.8. The van der Waals surface area contributed by atoms with Crippen molar-refractivity contribution in [2.75, 3.05) is 16.8 Å². The van der Waals surface area contributed by atoms with Gasteiger partial charge < -0.3 is 15.7 Å². The summed E-state index contributed by atoms with van der Waals surface area (Å²) >= 11 is 1.46. The molecule has 0 saturated heterocycles. The number of carboxylic acid groups (broad SMARTS) is 1. The van der Waals surface area contributed by atoms with Crippen LogP contribution < -0.4 is 10.6 Å². The Kier molecular flexibility index (Phi) is 14.1. The zero-order valence-electron chi connectivity index (χ0n) is 18.0. The molecule has 0 aliphatic heterocycles. The van der Waals surface area contributed by atoms with Crippen molar-refractivity contribution < 1.29 is 14.7 Å². The fourth-order valence-corrected chi connectivity index (χ4v) is 3.93. The van der Waals surface area contributed by atoms with Crippen LogP contribution in [-0.2, 0) is 4.79 Å². The molecule has 0 bridgehead atoms. The zero-order chi connectivity index (χ0) is 21.3. The lowest BCUT2D eigenvalue weighted by Crippen LogP contribution is -2.38. The predicted octanol–water partition coefficient (Wildman–Crippen LogP) is 6.22. The molecule has 1 unspecified atom stereocenters. The molecule has 6 heteroatoms. The number of aliphatic carboxylic acids is 1. The molecule has 1 rings (SSSR count). The van der Waals surface area contributed by atoms with Crippen molar-refractivity contribution in [3.63, 3.8) is 0 Å². The minimum Gasteiger partial charge on any atom is -0.481 e. The van der Waals surface area contributed by atoms with Gasteiger partial charge in [0.15, 0.2) is 0 Å². The maximum atomic E-state index is 12.4. The van der Waals surface area contributed by atoms with Gasteiger partial charge >= 0.3 is 12.0 Å². The van der Waals surface area contributed by atoms with E-state index in [2.05, 4.69) is 17.6 Å². The van der Waals surface area contributed by atoms with Gasteiger partial charge in [-0.1, -0.05) is 69.6 Å². The van der Waals surface area contributed by atoms with Gasteiger partial charge in [-0.05, 0) is 44.1 Å². The average Bonchev–Trinajstić information content (AvgIpc) is 2.68. The number of amides is 2. The summed E-state index contributed by atoms with van der Waals surface area (Å²) in [5.74, 6) is 0.259. The number of thioether (sulfide) groups is 1. The first-order chi connectivity index (χ1) is 14.0. The molecular weight excluding hydrogens is 384 g/mol. The van der Waals surface area contributed by atoms with Gasteiger partial charge in [0.1, 0.15) is 0 Å². The van der Waals surface area contributed by atoms with Gasteiger partial charge in [-0.15, -0.1) is 0 Å². The van der Waals surface area contributed by atoms with Crippen molar-refractivity contribution in [3.8, 4) is 0 Å². The first-order valence-corrected chi connectivity index (χ1v) is 12.1. The number of urea groups is 1. The number of benzene rings is 1. The average molecular weight is 423 g/mol. The normalized spacial score (nSPS) is 11.8. The number of aryl methyl sites for hydroxylation is 1. The first-order valence-electron chi connectivity index (χ1n) is 10.9. The second-order valence-corrected chi connectivity index (χ2v) is 8.77. The maximum Gasteiger partial charge on any atom is 0.319 e. The molecule has 0 fully saturated rings. The van der Waals surface area contributed by atoms with Crippen LogP contribution in [0.3, 0.4) is 0 Å².